The lowest BCUT2D eigenvalue weighted by Crippen LogP contribution is -2.28. The molecule has 4 aromatic rings. The Hall–Kier alpha value is -3.24. The van der Waals surface area contributed by atoms with Gasteiger partial charge in [-0.2, -0.15) is 0 Å². The number of benzene rings is 3. The average Bonchev–Trinajstić information content (AvgIpc) is 3.42. The first-order valence-corrected chi connectivity index (χ1v) is 11.2. The molecule has 1 atom stereocenters. The summed E-state index contributed by atoms with van der Waals surface area (Å²) in [4.78, 5) is 15.3. The largest absolute Gasteiger partial charge is 0.461 e. The Labute approximate surface area is 187 Å². The minimum Gasteiger partial charge on any atom is -0.461 e. The third-order valence-corrected chi connectivity index (χ3v) is 6.45. The SMILES string of the molecule is C[C@@H]1CCCN1CCc1cc2cc(-c3cccc(C(=O)c4cccc(F)c4)c3)ccc2o1. The molecule has 32 heavy (non-hydrogen) atoms. The minimum absolute atomic E-state index is 0.186. The van der Waals surface area contributed by atoms with Gasteiger partial charge in [-0.15, -0.1) is 0 Å². The minimum atomic E-state index is -0.410. The van der Waals surface area contributed by atoms with E-state index < -0.39 is 5.82 Å². The van der Waals surface area contributed by atoms with E-state index in [9.17, 15) is 9.18 Å². The number of fused-ring (bicyclic) bond motifs is 1. The molecule has 1 fully saturated rings. The van der Waals surface area contributed by atoms with Gasteiger partial charge < -0.3 is 9.32 Å². The van der Waals surface area contributed by atoms with Crippen LogP contribution in [0.5, 0.6) is 0 Å². The zero-order chi connectivity index (χ0) is 22.1. The van der Waals surface area contributed by atoms with Crippen molar-refractivity contribution < 1.29 is 13.6 Å². The van der Waals surface area contributed by atoms with Gasteiger partial charge in [0.1, 0.15) is 17.2 Å². The zero-order valence-corrected chi connectivity index (χ0v) is 18.2. The van der Waals surface area contributed by atoms with E-state index in [0.29, 0.717) is 17.2 Å². The van der Waals surface area contributed by atoms with Crippen molar-refractivity contribution >= 4 is 16.8 Å². The third kappa shape index (κ3) is 4.23. The van der Waals surface area contributed by atoms with Crippen LogP contribution in [0.15, 0.2) is 77.2 Å². The highest BCUT2D eigenvalue weighted by Gasteiger charge is 2.20. The highest BCUT2D eigenvalue weighted by molar-refractivity contribution is 6.09. The van der Waals surface area contributed by atoms with Crippen molar-refractivity contribution in [3.63, 3.8) is 0 Å². The van der Waals surface area contributed by atoms with Gasteiger partial charge in [-0.25, -0.2) is 4.39 Å². The van der Waals surface area contributed by atoms with E-state index >= 15 is 0 Å². The molecule has 1 aliphatic heterocycles. The Morgan fingerprint density at radius 2 is 1.78 bits per heavy atom. The summed E-state index contributed by atoms with van der Waals surface area (Å²) in [6, 6.07) is 22.2. The van der Waals surface area contributed by atoms with E-state index in [2.05, 4.69) is 24.0 Å². The topological polar surface area (TPSA) is 33.5 Å². The number of nitrogens with zero attached hydrogens (tertiary/aromatic N) is 1. The number of likely N-dealkylation sites (tertiary alicyclic amines) is 1. The van der Waals surface area contributed by atoms with Gasteiger partial charge >= 0.3 is 0 Å². The number of carbonyl (C=O) groups excluding carboxylic acids is 1. The quantitative estimate of drug-likeness (QED) is 0.330. The zero-order valence-electron chi connectivity index (χ0n) is 18.2. The molecule has 1 aromatic heterocycles. The van der Waals surface area contributed by atoms with Gasteiger partial charge in [-0.05, 0) is 73.8 Å². The van der Waals surface area contributed by atoms with Gasteiger partial charge in [0.2, 0.25) is 0 Å². The second-order valence-corrected chi connectivity index (χ2v) is 8.66. The molecule has 3 nitrogen and oxygen atoms in total. The Kier molecular flexibility index (Phi) is 5.62. The first-order chi connectivity index (χ1) is 15.6. The second-order valence-electron chi connectivity index (χ2n) is 8.66. The molecular weight excluding hydrogens is 401 g/mol. The number of carbonyl (C=O) groups is 1. The van der Waals surface area contributed by atoms with Crippen molar-refractivity contribution in [3.05, 3.63) is 95.5 Å². The fraction of sp³-hybridized carbons (Fsp3) is 0.250. The van der Waals surface area contributed by atoms with Gasteiger partial charge in [0.05, 0.1) is 0 Å². The predicted octanol–water partition coefficient (Wildman–Crippen LogP) is 6.50. The monoisotopic (exact) mass is 427 g/mol. The summed E-state index contributed by atoms with van der Waals surface area (Å²) in [7, 11) is 0. The molecule has 2 heterocycles. The molecule has 0 unspecified atom stereocenters. The standard InChI is InChI=1S/C28H26FNO2/c1-19-5-4-13-30(19)14-12-26-18-24-16-21(10-11-27(24)32-26)20-6-2-7-22(15-20)28(31)23-8-3-9-25(29)17-23/h2-3,6-11,15-19H,4-5,12-14H2,1H3/t19-/m1/s1. The van der Waals surface area contributed by atoms with Crippen LogP contribution in [0.4, 0.5) is 4.39 Å². The lowest BCUT2D eigenvalue weighted by atomic mass is 9.97. The van der Waals surface area contributed by atoms with Gasteiger partial charge in [0.15, 0.2) is 5.78 Å². The first-order valence-electron chi connectivity index (χ1n) is 11.2. The van der Waals surface area contributed by atoms with Crippen LogP contribution in [-0.2, 0) is 6.42 Å². The maximum atomic E-state index is 13.5. The molecule has 0 radical (unpaired) electrons. The van der Waals surface area contributed by atoms with Crippen molar-refractivity contribution in [2.75, 3.05) is 13.1 Å². The Balaban J connectivity index is 1.37. The molecule has 5 rings (SSSR count). The van der Waals surface area contributed by atoms with Crippen molar-refractivity contribution in [2.45, 2.75) is 32.2 Å². The summed E-state index contributed by atoms with van der Waals surface area (Å²) in [6.07, 6.45) is 3.47. The van der Waals surface area contributed by atoms with Crippen LogP contribution in [0.25, 0.3) is 22.1 Å². The summed E-state index contributed by atoms with van der Waals surface area (Å²) in [5.74, 6) is 0.410. The fourth-order valence-electron chi connectivity index (χ4n) is 4.62. The number of furan rings is 1. The molecule has 0 aliphatic carbocycles. The van der Waals surface area contributed by atoms with Crippen LogP contribution in [0, 0.1) is 5.82 Å². The van der Waals surface area contributed by atoms with Crippen molar-refractivity contribution in [1.82, 2.24) is 4.90 Å². The Bertz CT molecular complexity index is 1280. The molecular formula is C28H26FNO2. The van der Waals surface area contributed by atoms with Gasteiger partial charge in [0.25, 0.3) is 0 Å². The number of rotatable bonds is 6. The van der Waals surface area contributed by atoms with E-state index in [1.807, 2.05) is 30.3 Å². The highest BCUT2D eigenvalue weighted by Crippen LogP contribution is 2.28. The van der Waals surface area contributed by atoms with Crippen LogP contribution in [0.1, 0.15) is 41.4 Å². The predicted molar refractivity (Wildman–Crippen MR) is 125 cm³/mol. The number of halogens is 1. The number of ketones is 1. The molecule has 0 bridgehead atoms. The molecule has 4 heteroatoms. The summed E-state index contributed by atoms with van der Waals surface area (Å²) < 4.78 is 19.6. The molecule has 162 valence electrons. The van der Waals surface area contributed by atoms with Gasteiger partial charge in [-0.3, -0.25) is 4.79 Å². The molecule has 0 saturated carbocycles. The lowest BCUT2D eigenvalue weighted by Gasteiger charge is -2.19. The van der Waals surface area contributed by atoms with Crippen molar-refractivity contribution in [2.24, 2.45) is 0 Å². The summed E-state index contributed by atoms with van der Waals surface area (Å²) in [6.45, 7) is 4.50. The van der Waals surface area contributed by atoms with E-state index in [-0.39, 0.29) is 5.78 Å². The summed E-state index contributed by atoms with van der Waals surface area (Å²) in [5, 5.41) is 1.06. The second kappa shape index (κ2) is 8.71. The van der Waals surface area contributed by atoms with E-state index in [0.717, 1.165) is 40.8 Å². The smallest absolute Gasteiger partial charge is 0.193 e. The lowest BCUT2D eigenvalue weighted by molar-refractivity contribution is 0.103. The Morgan fingerprint density at radius 3 is 2.56 bits per heavy atom. The summed E-state index contributed by atoms with van der Waals surface area (Å²) >= 11 is 0. The van der Waals surface area contributed by atoms with E-state index in [4.69, 9.17) is 4.42 Å². The normalized spacial score (nSPS) is 16.6. The average molecular weight is 428 g/mol. The van der Waals surface area contributed by atoms with Crippen molar-refractivity contribution in [3.8, 4) is 11.1 Å². The van der Waals surface area contributed by atoms with E-state index in [1.165, 1.54) is 31.5 Å². The van der Waals surface area contributed by atoms with Crippen LogP contribution >= 0.6 is 0 Å². The summed E-state index contributed by atoms with van der Waals surface area (Å²) in [5.41, 5.74) is 3.74. The van der Waals surface area contributed by atoms with Crippen LogP contribution in [0.3, 0.4) is 0 Å². The molecule has 3 aromatic carbocycles. The fourth-order valence-corrected chi connectivity index (χ4v) is 4.62. The maximum absolute atomic E-state index is 13.5. The first kappa shape index (κ1) is 20.7. The molecule has 1 aliphatic rings. The molecule has 0 spiro atoms. The highest BCUT2D eigenvalue weighted by atomic mass is 19.1. The van der Waals surface area contributed by atoms with Crippen molar-refractivity contribution in [1.29, 1.82) is 0 Å². The number of hydrogen-bond acceptors (Lipinski definition) is 3. The van der Waals surface area contributed by atoms with Crippen LogP contribution < -0.4 is 0 Å². The Morgan fingerprint density at radius 1 is 1.00 bits per heavy atom. The molecule has 1 saturated heterocycles. The molecule has 0 N–H and O–H groups in total. The van der Waals surface area contributed by atoms with Gasteiger partial charge in [-0.1, -0.05) is 36.4 Å². The van der Waals surface area contributed by atoms with E-state index in [1.54, 1.807) is 18.2 Å². The number of hydrogen-bond donors (Lipinski definition) is 0. The van der Waals surface area contributed by atoms with Crippen LogP contribution in [-0.4, -0.2) is 29.8 Å². The molecule has 0 amide bonds. The van der Waals surface area contributed by atoms with Crippen LogP contribution in [0.2, 0.25) is 0 Å². The third-order valence-electron chi connectivity index (χ3n) is 6.45. The van der Waals surface area contributed by atoms with Gasteiger partial charge in [0, 0.05) is 35.5 Å². The maximum Gasteiger partial charge on any atom is 0.193 e.